The molecule has 1 atom stereocenters. The van der Waals surface area contributed by atoms with Crippen LogP contribution in [-0.2, 0) is 11.2 Å². The van der Waals surface area contributed by atoms with Gasteiger partial charge in [0.1, 0.15) is 5.78 Å². The quantitative estimate of drug-likeness (QED) is 0.762. The molecule has 2 heteroatoms. The number of rotatable bonds is 2. The van der Waals surface area contributed by atoms with Crippen molar-refractivity contribution in [1.29, 1.82) is 0 Å². The summed E-state index contributed by atoms with van der Waals surface area (Å²) in [5.41, 5.74) is 1.26. The number of carbonyl (C=O) groups is 1. The van der Waals surface area contributed by atoms with Crippen molar-refractivity contribution in [3.05, 3.63) is 35.9 Å². The second-order valence-corrected chi connectivity index (χ2v) is 3.81. The SMILES string of the molecule is O=C1CCNCC1Cc1ccccc1. The lowest BCUT2D eigenvalue weighted by Gasteiger charge is -2.21. The van der Waals surface area contributed by atoms with Gasteiger partial charge in [-0.15, -0.1) is 0 Å². The molecule has 0 aliphatic carbocycles. The highest BCUT2D eigenvalue weighted by Crippen LogP contribution is 2.13. The van der Waals surface area contributed by atoms with Gasteiger partial charge in [-0.2, -0.15) is 0 Å². The van der Waals surface area contributed by atoms with E-state index in [2.05, 4.69) is 17.4 Å². The molecule has 2 rings (SSSR count). The number of piperidine rings is 1. The molecule has 0 bridgehead atoms. The fraction of sp³-hybridized carbons (Fsp3) is 0.417. The molecule has 1 aliphatic heterocycles. The molecular formula is C12H15NO. The highest BCUT2D eigenvalue weighted by Gasteiger charge is 2.21. The van der Waals surface area contributed by atoms with Crippen molar-refractivity contribution in [3.63, 3.8) is 0 Å². The van der Waals surface area contributed by atoms with Gasteiger partial charge in [-0.25, -0.2) is 0 Å². The summed E-state index contributed by atoms with van der Waals surface area (Å²) in [5, 5.41) is 3.26. The van der Waals surface area contributed by atoms with Gasteiger partial charge >= 0.3 is 0 Å². The third-order valence-corrected chi connectivity index (χ3v) is 2.72. The van der Waals surface area contributed by atoms with E-state index in [0.29, 0.717) is 12.2 Å². The first-order valence-corrected chi connectivity index (χ1v) is 5.13. The number of benzene rings is 1. The fourth-order valence-electron chi connectivity index (χ4n) is 1.89. The maximum absolute atomic E-state index is 11.6. The molecule has 1 fully saturated rings. The van der Waals surface area contributed by atoms with E-state index in [-0.39, 0.29) is 5.92 Å². The second-order valence-electron chi connectivity index (χ2n) is 3.81. The summed E-state index contributed by atoms with van der Waals surface area (Å²) in [6, 6.07) is 10.2. The van der Waals surface area contributed by atoms with Gasteiger partial charge in [-0.3, -0.25) is 4.79 Å². The van der Waals surface area contributed by atoms with E-state index in [9.17, 15) is 4.79 Å². The van der Waals surface area contributed by atoms with E-state index < -0.39 is 0 Å². The van der Waals surface area contributed by atoms with Gasteiger partial charge in [0.15, 0.2) is 0 Å². The first kappa shape index (κ1) is 9.41. The monoisotopic (exact) mass is 189 g/mol. The van der Waals surface area contributed by atoms with Crippen LogP contribution in [0.2, 0.25) is 0 Å². The molecular weight excluding hydrogens is 174 g/mol. The Balaban J connectivity index is 2.00. The summed E-state index contributed by atoms with van der Waals surface area (Å²) in [4.78, 5) is 11.6. The van der Waals surface area contributed by atoms with Gasteiger partial charge in [0, 0.05) is 25.4 Å². The Bertz CT molecular complexity index is 307. The third kappa shape index (κ3) is 2.20. The van der Waals surface area contributed by atoms with Gasteiger partial charge in [0.05, 0.1) is 0 Å². The van der Waals surface area contributed by atoms with Crippen LogP contribution in [-0.4, -0.2) is 18.9 Å². The number of carbonyl (C=O) groups excluding carboxylic acids is 1. The molecule has 0 saturated carbocycles. The molecule has 1 aromatic carbocycles. The van der Waals surface area contributed by atoms with Crippen molar-refractivity contribution in [1.82, 2.24) is 5.32 Å². The van der Waals surface area contributed by atoms with Gasteiger partial charge < -0.3 is 5.32 Å². The molecule has 1 aromatic rings. The topological polar surface area (TPSA) is 29.1 Å². The van der Waals surface area contributed by atoms with Crippen molar-refractivity contribution in [2.24, 2.45) is 5.92 Å². The summed E-state index contributed by atoms with van der Waals surface area (Å²) in [5.74, 6) is 0.596. The smallest absolute Gasteiger partial charge is 0.138 e. The van der Waals surface area contributed by atoms with Gasteiger partial charge in [0.25, 0.3) is 0 Å². The van der Waals surface area contributed by atoms with E-state index in [0.717, 1.165) is 19.5 Å². The third-order valence-electron chi connectivity index (χ3n) is 2.72. The minimum atomic E-state index is 0.186. The highest BCUT2D eigenvalue weighted by molar-refractivity contribution is 5.82. The maximum atomic E-state index is 11.6. The standard InChI is InChI=1S/C12H15NO/c14-12-6-7-13-9-11(12)8-10-4-2-1-3-5-10/h1-5,11,13H,6-9H2. The van der Waals surface area contributed by atoms with E-state index in [1.807, 2.05) is 18.2 Å². The Morgan fingerprint density at radius 1 is 1.29 bits per heavy atom. The zero-order valence-electron chi connectivity index (χ0n) is 8.20. The van der Waals surface area contributed by atoms with Crippen LogP contribution in [0.25, 0.3) is 0 Å². The predicted molar refractivity (Wildman–Crippen MR) is 56.1 cm³/mol. The Kier molecular flexibility index (Phi) is 2.94. The second kappa shape index (κ2) is 4.38. The Labute approximate surface area is 84.3 Å². The summed E-state index contributed by atoms with van der Waals surface area (Å²) < 4.78 is 0. The lowest BCUT2D eigenvalue weighted by atomic mass is 9.91. The lowest BCUT2D eigenvalue weighted by Crippen LogP contribution is -2.37. The summed E-state index contributed by atoms with van der Waals surface area (Å²) in [6.07, 6.45) is 1.57. The van der Waals surface area contributed by atoms with Crippen molar-refractivity contribution < 1.29 is 4.79 Å². The van der Waals surface area contributed by atoms with Crippen LogP contribution in [0, 0.1) is 5.92 Å². The molecule has 1 aliphatic rings. The number of hydrogen-bond donors (Lipinski definition) is 1. The maximum Gasteiger partial charge on any atom is 0.138 e. The number of Topliss-reactive ketones (excluding diaryl/α,β-unsaturated/α-hetero) is 1. The normalized spacial score (nSPS) is 22.3. The average Bonchev–Trinajstić information content (AvgIpc) is 2.23. The molecule has 0 aromatic heterocycles. The van der Waals surface area contributed by atoms with Crippen molar-refractivity contribution in [2.75, 3.05) is 13.1 Å². The largest absolute Gasteiger partial charge is 0.316 e. The van der Waals surface area contributed by atoms with Crippen LogP contribution in [0.3, 0.4) is 0 Å². The van der Waals surface area contributed by atoms with Crippen molar-refractivity contribution in [2.45, 2.75) is 12.8 Å². The molecule has 1 heterocycles. The molecule has 0 radical (unpaired) electrons. The van der Waals surface area contributed by atoms with E-state index >= 15 is 0 Å². The molecule has 0 amide bonds. The Morgan fingerprint density at radius 2 is 2.07 bits per heavy atom. The van der Waals surface area contributed by atoms with Crippen molar-refractivity contribution >= 4 is 5.78 Å². The summed E-state index contributed by atoms with van der Waals surface area (Å²) >= 11 is 0. The number of ketones is 1. The molecule has 1 saturated heterocycles. The van der Waals surface area contributed by atoms with Crippen LogP contribution >= 0.6 is 0 Å². The minimum Gasteiger partial charge on any atom is -0.316 e. The van der Waals surface area contributed by atoms with Crippen LogP contribution in [0.5, 0.6) is 0 Å². The molecule has 0 spiro atoms. The molecule has 1 unspecified atom stereocenters. The van der Waals surface area contributed by atoms with E-state index in [1.165, 1.54) is 5.56 Å². The van der Waals surface area contributed by atoms with E-state index in [4.69, 9.17) is 0 Å². The Morgan fingerprint density at radius 3 is 2.79 bits per heavy atom. The first-order chi connectivity index (χ1) is 6.86. The van der Waals surface area contributed by atoms with Gasteiger partial charge in [-0.1, -0.05) is 30.3 Å². The zero-order valence-corrected chi connectivity index (χ0v) is 8.20. The number of nitrogens with one attached hydrogen (secondary N) is 1. The van der Waals surface area contributed by atoms with Gasteiger partial charge in [0.2, 0.25) is 0 Å². The van der Waals surface area contributed by atoms with E-state index in [1.54, 1.807) is 0 Å². The molecule has 1 N–H and O–H groups in total. The Hall–Kier alpha value is -1.15. The average molecular weight is 189 g/mol. The summed E-state index contributed by atoms with van der Waals surface area (Å²) in [7, 11) is 0. The minimum absolute atomic E-state index is 0.186. The lowest BCUT2D eigenvalue weighted by molar-refractivity contribution is -0.123. The predicted octanol–water partition coefficient (Wildman–Crippen LogP) is 1.41. The van der Waals surface area contributed by atoms with Crippen LogP contribution in [0.15, 0.2) is 30.3 Å². The highest BCUT2D eigenvalue weighted by atomic mass is 16.1. The fourth-order valence-corrected chi connectivity index (χ4v) is 1.89. The first-order valence-electron chi connectivity index (χ1n) is 5.13. The molecule has 14 heavy (non-hydrogen) atoms. The zero-order chi connectivity index (χ0) is 9.80. The van der Waals surface area contributed by atoms with Crippen LogP contribution in [0.1, 0.15) is 12.0 Å². The molecule has 74 valence electrons. The van der Waals surface area contributed by atoms with Crippen molar-refractivity contribution in [3.8, 4) is 0 Å². The summed E-state index contributed by atoms with van der Waals surface area (Å²) in [6.45, 7) is 1.69. The van der Waals surface area contributed by atoms with Gasteiger partial charge in [-0.05, 0) is 12.0 Å². The van der Waals surface area contributed by atoms with Crippen LogP contribution in [0.4, 0.5) is 0 Å². The number of hydrogen-bond acceptors (Lipinski definition) is 2. The molecule has 2 nitrogen and oxygen atoms in total. The van der Waals surface area contributed by atoms with Crippen LogP contribution < -0.4 is 5.32 Å².